The average Bonchev–Trinajstić information content (AvgIpc) is 3.00. The summed E-state index contributed by atoms with van der Waals surface area (Å²) in [7, 11) is 0. The zero-order chi connectivity index (χ0) is 21.8. The Hall–Kier alpha value is -1.79. The number of carbonyl (C=O) groups is 1. The van der Waals surface area contributed by atoms with Crippen molar-refractivity contribution in [3.05, 3.63) is 57.6 Å². The highest BCUT2D eigenvalue weighted by Crippen LogP contribution is 2.50. The summed E-state index contributed by atoms with van der Waals surface area (Å²) < 4.78 is 17.6. The summed E-state index contributed by atoms with van der Waals surface area (Å²) in [5, 5.41) is 0.715. The average molecular weight is 464 g/mol. The molecule has 166 valence electrons. The molecule has 0 saturated carbocycles. The zero-order valence-electron chi connectivity index (χ0n) is 17.7. The van der Waals surface area contributed by atoms with E-state index in [9.17, 15) is 4.79 Å². The van der Waals surface area contributed by atoms with Gasteiger partial charge in [0.2, 0.25) is 0 Å². The highest BCUT2D eigenvalue weighted by Gasteiger charge is 2.55. The minimum absolute atomic E-state index is 0.275. The lowest BCUT2D eigenvalue weighted by molar-refractivity contribution is -0.256. The maximum Gasteiger partial charge on any atom is 0.292 e. The van der Waals surface area contributed by atoms with Crippen LogP contribution >= 0.6 is 23.2 Å². The van der Waals surface area contributed by atoms with Crippen LogP contribution in [0.15, 0.2) is 36.4 Å². The summed E-state index contributed by atoms with van der Waals surface area (Å²) in [5.41, 5.74) is 2.11. The van der Waals surface area contributed by atoms with Gasteiger partial charge in [0.05, 0.1) is 42.1 Å². The van der Waals surface area contributed by atoms with Crippen LogP contribution in [0, 0.1) is 0 Å². The van der Waals surface area contributed by atoms with E-state index in [-0.39, 0.29) is 5.91 Å². The number of rotatable bonds is 8. The fourth-order valence-corrected chi connectivity index (χ4v) is 4.44. The van der Waals surface area contributed by atoms with Crippen molar-refractivity contribution in [1.29, 1.82) is 0 Å². The van der Waals surface area contributed by atoms with Gasteiger partial charge in [-0.2, -0.15) is 0 Å². The molecule has 0 aliphatic carbocycles. The van der Waals surface area contributed by atoms with Crippen LogP contribution in [0.25, 0.3) is 0 Å². The largest absolute Gasteiger partial charge is 0.494 e. The summed E-state index contributed by atoms with van der Waals surface area (Å²) in [6, 6.07) is 11.2. The minimum Gasteiger partial charge on any atom is -0.494 e. The molecule has 1 fully saturated rings. The number of hydrogen-bond donors (Lipinski definition) is 0. The molecule has 2 aliphatic heterocycles. The minimum atomic E-state index is -1.44. The first-order chi connectivity index (χ1) is 15.1. The molecule has 1 saturated heterocycles. The second-order valence-electron chi connectivity index (χ2n) is 7.87. The number of carbonyl (C=O) groups excluding carboxylic acids is 1. The van der Waals surface area contributed by atoms with Gasteiger partial charge in [-0.05, 0) is 42.7 Å². The van der Waals surface area contributed by atoms with Crippen molar-refractivity contribution in [3.8, 4) is 5.75 Å². The number of nitrogens with zero attached hydrogens (tertiary/aromatic N) is 1. The fourth-order valence-electron chi connectivity index (χ4n) is 4.02. The van der Waals surface area contributed by atoms with Gasteiger partial charge in [-0.1, -0.05) is 61.5 Å². The van der Waals surface area contributed by atoms with Crippen molar-refractivity contribution < 1.29 is 19.0 Å². The van der Waals surface area contributed by atoms with Crippen LogP contribution in [-0.4, -0.2) is 25.7 Å². The maximum absolute atomic E-state index is 13.5. The van der Waals surface area contributed by atoms with Gasteiger partial charge in [0.1, 0.15) is 5.75 Å². The Morgan fingerprint density at radius 1 is 1.03 bits per heavy atom. The van der Waals surface area contributed by atoms with Crippen molar-refractivity contribution in [3.63, 3.8) is 0 Å². The molecule has 1 spiro atoms. The first-order valence-corrected chi connectivity index (χ1v) is 11.6. The van der Waals surface area contributed by atoms with E-state index in [1.165, 1.54) is 19.3 Å². The number of unbranched alkanes of at least 4 members (excludes halogenated alkanes) is 3. The first-order valence-electron chi connectivity index (χ1n) is 10.9. The molecule has 5 nitrogen and oxygen atoms in total. The molecule has 0 atom stereocenters. The summed E-state index contributed by atoms with van der Waals surface area (Å²) in [6.07, 6.45) is 5.41. The third kappa shape index (κ3) is 4.42. The smallest absolute Gasteiger partial charge is 0.292 e. The van der Waals surface area contributed by atoms with Gasteiger partial charge in [-0.15, -0.1) is 0 Å². The Bertz CT molecular complexity index is 926. The Kier molecular flexibility index (Phi) is 7.07. The van der Waals surface area contributed by atoms with E-state index < -0.39 is 5.79 Å². The zero-order valence-corrected chi connectivity index (χ0v) is 19.2. The highest BCUT2D eigenvalue weighted by molar-refractivity contribution is 6.44. The number of fused-ring (bicyclic) bond motifs is 2. The van der Waals surface area contributed by atoms with Gasteiger partial charge >= 0.3 is 0 Å². The molecule has 2 heterocycles. The summed E-state index contributed by atoms with van der Waals surface area (Å²) in [6.45, 7) is 4.13. The Morgan fingerprint density at radius 2 is 1.77 bits per heavy atom. The molecule has 0 aromatic heterocycles. The number of anilines is 1. The van der Waals surface area contributed by atoms with Crippen molar-refractivity contribution in [2.45, 2.75) is 51.4 Å². The molecule has 2 aromatic carbocycles. The van der Waals surface area contributed by atoms with Gasteiger partial charge in [0.25, 0.3) is 11.7 Å². The van der Waals surface area contributed by atoms with Crippen molar-refractivity contribution in [1.82, 2.24) is 0 Å². The van der Waals surface area contributed by atoms with Gasteiger partial charge < -0.3 is 19.1 Å². The highest BCUT2D eigenvalue weighted by atomic mass is 35.5. The second-order valence-corrected chi connectivity index (χ2v) is 8.65. The van der Waals surface area contributed by atoms with Gasteiger partial charge in [0, 0.05) is 5.56 Å². The number of benzene rings is 2. The van der Waals surface area contributed by atoms with E-state index >= 15 is 0 Å². The van der Waals surface area contributed by atoms with Crippen LogP contribution in [0.3, 0.4) is 0 Å². The molecule has 0 radical (unpaired) electrons. The van der Waals surface area contributed by atoms with Crippen molar-refractivity contribution >= 4 is 34.8 Å². The third-order valence-electron chi connectivity index (χ3n) is 5.65. The molecule has 4 rings (SSSR count). The van der Waals surface area contributed by atoms with Crippen LogP contribution in [-0.2, 0) is 26.6 Å². The van der Waals surface area contributed by atoms with E-state index in [1.807, 2.05) is 24.3 Å². The molecule has 0 bridgehead atoms. The van der Waals surface area contributed by atoms with Crippen LogP contribution < -0.4 is 9.64 Å². The van der Waals surface area contributed by atoms with Crippen LogP contribution in [0.1, 0.15) is 50.2 Å². The van der Waals surface area contributed by atoms with E-state index in [1.54, 1.807) is 17.0 Å². The van der Waals surface area contributed by atoms with Crippen molar-refractivity contribution in [2.75, 3.05) is 24.7 Å². The fraction of sp³-hybridized carbons (Fsp3) is 0.458. The number of halogens is 2. The van der Waals surface area contributed by atoms with Gasteiger partial charge in [-0.25, -0.2) is 0 Å². The van der Waals surface area contributed by atoms with Gasteiger partial charge in [-0.3, -0.25) is 4.79 Å². The number of ether oxygens (including phenoxy) is 3. The number of amides is 1. The monoisotopic (exact) mass is 463 g/mol. The quantitative estimate of drug-likeness (QED) is 0.444. The lowest BCUT2D eigenvalue weighted by Gasteiger charge is -2.32. The van der Waals surface area contributed by atoms with E-state index in [2.05, 4.69) is 6.92 Å². The predicted molar refractivity (Wildman–Crippen MR) is 122 cm³/mol. The molecular weight excluding hydrogens is 437 g/mol. The topological polar surface area (TPSA) is 48.0 Å². The van der Waals surface area contributed by atoms with E-state index in [0.29, 0.717) is 47.7 Å². The normalized spacial score (nSPS) is 17.3. The Labute approximate surface area is 193 Å². The van der Waals surface area contributed by atoms with Crippen LogP contribution in [0.5, 0.6) is 5.75 Å². The Morgan fingerprint density at radius 3 is 2.48 bits per heavy atom. The second kappa shape index (κ2) is 9.78. The summed E-state index contributed by atoms with van der Waals surface area (Å²) >= 11 is 12.8. The molecule has 7 heteroatoms. The Balaban J connectivity index is 1.52. The molecule has 0 unspecified atom stereocenters. The molecular formula is C24H27Cl2NO4. The molecule has 2 aromatic rings. The third-order valence-corrected chi connectivity index (χ3v) is 6.44. The SMILES string of the molecule is CCCCCCOc1ccc(CN2C(=O)C3(OCCCO3)c3ccc(Cl)c(Cl)c32)cc1. The van der Waals surface area contributed by atoms with Gasteiger partial charge in [0.15, 0.2) is 0 Å². The lowest BCUT2D eigenvalue weighted by Crippen LogP contribution is -2.47. The maximum atomic E-state index is 13.5. The molecule has 0 N–H and O–H groups in total. The number of hydrogen-bond acceptors (Lipinski definition) is 4. The van der Waals surface area contributed by atoms with Crippen LogP contribution in [0.2, 0.25) is 10.0 Å². The lowest BCUT2D eigenvalue weighted by atomic mass is 10.1. The van der Waals surface area contributed by atoms with E-state index in [4.69, 9.17) is 37.4 Å². The van der Waals surface area contributed by atoms with Crippen molar-refractivity contribution in [2.24, 2.45) is 0 Å². The van der Waals surface area contributed by atoms with Crippen LogP contribution in [0.4, 0.5) is 5.69 Å². The van der Waals surface area contributed by atoms with E-state index in [0.717, 1.165) is 24.2 Å². The first kappa shape index (κ1) is 22.4. The molecule has 31 heavy (non-hydrogen) atoms. The molecule has 1 amide bonds. The predicted octanol–water partition coefficient (Wildman–Crippen LogP) is 6.09. The summed E-state index contributed by atoms with van der Waals surface area (Å²) in [4.78, 5) is 15.1. The summed E-state index contributed by atoms with van der Waals surface area (Å²) in [5.74, 6) is -0.892. The standard InChI is InChI=1S/C24H27Cl2NO4/c1-2-3-4-5-13-29-18-9-7-17(8-10-18)16-27-22-19(11-12-20(25)21(22)26)24(23(27)28)30-14-6-15-31-24/h7-12H,2-6,13-16H2,1H3. The molecule has 2 aliphatic rings.